The summed E-state index contributed by atoms with van der Waals surface area (Å²) in [4.78, 5) is 23.0. The Morgan fingerprint density at radius 2 is 1.76 bits per heavy atom. The zero-order chi connectivity index (χ0) is 18.4. The summed E-state index contributed by atoms with van der Waals surface area (Å²) >= 11 is 0. The number of amides is 1. The molecule has 0 heterocycles. The monoisotopic (exact) mass is 341 g/mol. The minimum atomic E-state index is -1.06. The van der Waals surface area contributed by atoms with Gasteiger partial charge in [-0.1, -0.05) is 18.2 Å². The van der Waals surface area contributed by atoms with Gasteiger partial charge >= 0.3 is 5.97 Å². The van der Waals surface area contributed by atoms with E-state index in [1.165, 1.54) is 0 Å². The summed E-state index contributed by atoms with van der Waals surface area (Å²) in [6.07, 6.45) is 0.211. The molecule has 1 unspecified atom stereocenters. The van der Waals surface area contributed by atoms with E-state index < -0.39 is 12.0 Å². The largest absolute Gasteiger partial charge is 0.480 e. The third-order valence-corrected chi connectivity index (χ3v) is 3.39. The fourth-order valence-electron chi connectivity index (χ4n) is 2.16. The topological polar surface area (TPSA) is 154 Å². The van der Waals surface area contributed by atoms with Crippen molar-refractivity contribution in [2.24, 2.45) is 11.5 Å². The van der Waals surface area contributed by atoms with Gasteiger partial charge in [0.15, 0.2) is 5.96 Å². The minimum absolute atomic E-state index is 0.211. The number of aliphatic carboxylic acids is 1. The molecule has 1 amide bonds. The second kappa shape index (κ2) is 7.93. The maximum absolute atomic E-state index is 12.3. The summed E-state index contributed by atoms with van der Waals surface area (Å²) in [5.74, 6) is -1.59. The van der Waals surface area contributed by atoms with Gasteiger partial charge in [-0.15, -0.1) is 0 Å². The van der Waals surface area contributed by atoms with Gasteiger partial charge < -0.3 is 27.2 Å². The molecule has 0 aromatic heterocycles. The normalized spacial score (nSPS) is 11.4. The Morgan fingerprint density at radius 3 is 2.36 bits per heavy atom. The zero-order valence-corrected chi connectivity index (χ0v) is 13.3. The highest BCUT2D eigenvalue weighted by atomic mass is 16.4. The van der Waals surface area contributed by atoms with Crippen molar-refractivity contribution in [3.05, 3.63) is 59.7 Å². The first-order valence-corrected chi connectivity index (χ1v) is 7.45. The van der Waals surface area contributed by atoms with Crippen LogP contribution in [0.4, 0.5) is 11.4 Å². The molecule has 0 aliphatic rings. The molecule has 2 aromatic carbocycles. The van der Waals surface area contributed by atoms with Gasteiger partial charge in [0.1, 0.15) is 6.04 Å². The van der Waals surface area contributed by atoms with Crippen molar-refractivity contribution in [2.75, 3.05) is 10.6 Å². The van der Waals surface area contributed by atoms with Crippen LogP contribution >= 0.6 is 0 Å². The maximum Gasteiger partial charge on any atom is 0.320 e. The first-order valence-electron chi connectivity index (χ1n) is 7.45. The number of nitrogens with one attached hydrogen (secondary N) is 3. The zero-order valence-electron chi connectivity index (χ0n) is 13.3. The number of carbonyl (C=O) groups excluding carboxylic acids is 1. The van der Waals surface area contributed by atoms with E-state index in [-0.39, 0.29) is 18.3 Å². The number of hydrogen-bond acceptors (Lipinski definition) is 4. The molecule has 0 saturated carbocycles. The molecule has 8 N–H and O–H groups in total. The number of carboxylic acids is 1. The van der Waals surface area contributed by atoms with Crippen LogP contribution in [0.3, 0.4) is 0 Å². The second-order valence-corrected chi connectivity index (χ2v) is 5.42. The van der Waals surface area contributed by atoms with E-state index in [1.54, 1.807) is 48.5 Å². The van der Waals surface area contributed by atoms with E-state index in [0.717, 1.165) is 5.56 Å². The van der Waals surface area contributed by atoms with Crippen LogP contribution in [-0.4, -0.2) is 29.0 Å². The van der Waals surface area contributed by atoms with Crippen LogP contribution in [0, 0.1) is 5.41 Å². The summed E-state index contributed by atoms with van der Waals surface area (Å²) in [5.41, 5.74) is 13.0. The summed E-state index contributed by atoms with van der Waals surface area (Å²) in [6.45, 7) is 0. The summed E-state index contributed by atoms with van der Waals surface area (Å²) in [6, 6.07) is 12.4. The number of guanidine groups is 1. The highest BCUT2D eigenvalue weighted by molar-refractivity contribution is 6.05. The molecule has 0 spiro atoms. The molecule has 130 valence electrons. The van der Waals surface area contributed by atoms with Crippen molar-refractivity contribution in [1.82, 2.24) is 0 Å². The van der Waals surface area contributed by atoms with Crippen LogP contribution in [0.15, 0.2) is 48.5 Å². The SMILES string of the molecule is N=C(N)Nc1cccc(C(=O)Nc2ccc(CC(N)C(=O)O)cc2)c1. The second-order valence-electron chi connectivity index (χ2n) is 5.42. The first-order chi connectivity index (χ1) is 11.8. The third-order valence-electron chi connectivity index (χ3n) is 3.39. The first kappa shape index (κ1) is 18.0. The summed E-state index contributed by atoms with van der Waals surface area (Å²) in [7, 11) is 0. The molecule has 0 bridgehead atoms. The van der Waals surface area contributed by atoms with Gasteiger partial charge in [-0.2, -0.15) is 0 Å². The molecule has 25 heavy (non-hydrogen) atoms. The Kier molecular flexibility index (Phi) is 5.70. The molecule has 0 fully saturated rings. The molecule has 8 heteroatoms. The summed E-state index contributed by atoms with van der Waals surface area (Å²) in [5, 5.41) is 21.4. The Morgan fingerprint density at radius 1 is 1.08 bits per heavy atom. The van der Waals surface area contributed by atoms with E-state index in [0.29, 0.717) is 16.9 Å². The Balaban J connectivity index is 2.03. The number of anilines is 2. The van der Waals surface area contributed by atoms with Gasteiger partial charge in [-0.05, 0) is 42.3 Å². The van der Waals surface area contributed by atoms with Crippen molar-refractivity contribution < 1.29 is 14.7 Å². The Labute approximate surface area is 144 Å². The van der Waals surface area contributed by atoms with E-state index >= 15 is 0 Å². The highest BCUT2D eigenvalue weighted by Crippen LogP contribution is 2.15. The smallest absolute Gasteiger partial charge is 0.320 e. The van der Waals surface area contributed by atoms with Crippen molar-refractivity contribution in [1.29, 1.82) is 5.41 Å². The molecule has 2 aromatic rings. The third kappa shape index (κ3) is 5.33. The fraction of sp³-hybridized carbons (Fsp3) is 0.118. The van der Waals surface area contributed by atoms with Gasteiger partial charge in [-0.3, -0.25) is 15.0 Å². The van der Waals surface area contributed by atoms with Crippen LogP contribution < -0.4 is 22.1 Å². The number of rotatable bonds is 6. The molecule has 2 rings (SSSR count). The Hall–Kier alpha value is -3.39. The highest BCUT2D eigenvalue weighted by Gasteiger charge is 2.12. The molecule has 0 aliphatic heterocycles. The van der Waals surface area contributed by atoms with Gasteiger partial charge in [0.2, 0.25) is 0 Å². The molecule has 0 radical (unpaired) electrons. The molecule has 1 atom stereocenters. The predicted octanol–water partition coefficient (Wildman–Crippen LogP) is 1.20. The molecular formula is C17H19N5O3. The van der Waals surface area contributed by atoms with Crippen molar-refractivity contribution >= 4 is 29.2 Å². The van der Waals surface area contributed by atoms with E-state index in [1.807, 2.05) is 0 Å². The minimum Gasteiger partial charge on any atom is -0.480 e. The lowest BCUT2D eigenvalue weighted by Crippen LogP contribution is -2.32. The van der Waals surface area contributed by atoms with E-state index in [2.05, 4.69) is 10.6 Å². The van der Waals surface area contributed by atoms with Crippen LogP contribution in [0.5, 0.6) is 0 Å². The number of carboxylic acid groups (broad SMARTS) is 1. The predicted molar refractivity (Wildman–Crippen MR) is 95.7 cm³/mol. The van der Waals surface area contributed by atoms with Gasteiger partial charge in [0, 0.05) is 16.9 Å². The van der Waals surface area contributed by atoms with Crippen LogP contribution in [0.1, 0.15) is 15.9 Å². The van der Waals surface area contributed by atoms with Gasteiger partial charge in [0.25, 0.3) is 5.91 Å². The van der Waals surface area contributed by atoms with Gasteiger partial charge in [-0.25, -0.2) is 0 Å². The van der Waals surface area contributed by atoms with Crippen LogP contribution in [-0.2, 0) is 11.2 Å². The number of nitrogens with two attached hydrogens (primary N) is 2. The lowest BCUT2D eigenvalue weighted by molar-refractivity contribution is -0.138. The van der Waals surface area contributed by atoms with Crippen molar-refractivity contribution in [3.8, 4) is 0 Å². The quantitative estimate of drug-likeness (QED) is 0.343. The van der Waals surface area contributed by atoms with E-state index in [9.17, 15) is 9.59 Å². The van der Waals surface area contributed by atoms with Crippen molar-refractivity contribution in [3.63, 3.8) is 0 Å². The number of carbonyl (C=O) groups is 2. The summed E-state index contributed by atoms with van der Waals surface area (Å²) < 4.78 is 0. The van der Waals surface area contributed by atoms with E-state index in [4.69, 9.17) is 22.0 Å². The number of hydrogen-bond donors (Lipinski definition) is 6. The molecule has 0 saturated heterocycles. The molecule has 8 nitrogen and oxygen atoms in total. The average molecular weight is 341 g/mol. The number of benzene rings is 2. The maximum atomic E-state index is 12.3. The van der Waals surface area contributed by atoms with Crippen LogP contribution in [0.25, 0.3) is 0 Å². The lowest BCUT2D eigenvalue weighted by Gasteiger charge is -2.10. The Bertz CT molecular complexity index is 789. The van der Waals surface area contributed by atoms with Crippen LogP contribution in [0.2, 0.25) is 0 Å². The van der Waals surface area contributed by atoms with Crippen molar-refractivity contribution in [2.45, 2.75) is 12.5 Å². The standard InChI is InChI=1S/C17H19N5O3/c18-14(16(24)25)8-10-4-6-12(7-5-10)21-15(23)11-2-1-3-13(9-11)22-17(19)20/h1-7,9,14H,8,18H2,(H,21,23)(H,24,25)(H4,19,20,22). The fourth-order valence-corrected chi connectivity index (χ4v) is 2.16. The van der Waals surface area contributed by atoms with Gasteiger partial charge in [0.05, 0.1) is 0 Å². The molecular weight excluding hydrogens is 322 g/mol. The average Bonchev–Trinajstić information content (AvgIpc) is 2.56. The lowest BCUT2D eigenvalue weighted by atomic mass is 10.1. The molecule has 0 aliphatic carbocycles.